The van der Waals surface area contributed by atoms with Crippen LogP contribution in [0.25, 0.3) is 0 Å². The largest absolute Gasteiger partial charge is 0.444 e. The molecule has 0 bridgehead atoms. The van der Waals surface area contributed by atoms with Crippen molar-refractivity contribution in [3.05, 3.63) is 17.3 Å². The predicted molar refractivity (Wildman–Crippen MR) is 102 cm³/mol. The molecule has 1 amide bonds. The highest BCUT2D eigenvalue weighted by Gasteiger charge is 2.08. The first kappa shape index (κ1) is 21.7. The number of halogens is 1. The van der Waals surface area contributed by atoms with Crippen LogP contribution in [0.5, 0.6) is 0 Å². The van der Waals surface area contributed by atoms with Gasteiger partial charge >= 0.3 is 0 Å². The Kier molecular flexibility index (Phi) is 9.85. The number of hydrogen-bond donors (Lipinski definition) is 2. The van der Waals surface area contributed by atoms with Gasteiger partial charge in [0.15, 0.2) is 5.96 Å². The van der Waals surface area contributed by atoms with Gasteiger partial charge in [-0.1, -0.05) is 13.8 Å². The third-order valence-corrected chi connectivity index (χ3v) is 3.03. The van der Waals surface area contributed by atoms with Crippen LogP contribution in [0.1, 0.15) is 31.2 Å². The molecule has 1 aromatic rings. The Morgan fingerprint density at radius 1 is 1.30 bits per heavy atom. The fourth-order valence-corrected chi connectivity index (χ4v) is 1.54. The molecule has 0 radical (unpaired) electrons. The lowest BCUT2D eigenvalue weighted by Gasteiger charge is -2.14. The summed E-state index contributed by atoms with van der Waals surface area (Å²) in [7, 11) is 3.43. The molecule has 0 spiro atoms. The number of carbonyl (C=O) groups is 1. The number of guanidine groups is 1. The zero-order valence-electron chi connectivity index (χ0n) is 14.8. The van der Waals surface area contributed by atoms with Crippen molar-refractivity contribution in [2.24, 2.45) is 10.9 Å². The number of carbonyl (C=O) groups excluding carboxylic acids is 1. The maximum atomic E-state index is 11.6. The second-order valence-electron chi connectivity index (χ2n) is 5.83. The molecule has 0 fully saturated rings. The molecule has 23 heavy (non-hydrogen) atoms. The highest BCUT2D eigenvalue weighted by Crippen LogP contribution is 2.07. The molecule has 0 aromatic carbocycles. The molecule has 0 aliphatic heterocycles. The Bertz CT molecular complexity index is 506. The number of rotatable bonds is 6. The fourth-order valence-electron chi connectivity index (χ4n) is 1.54. The number of amides is 1. The molecule has 1 heterocycles. The van der Waals surface area contributed by atoms with Gasteiger partial charge in [0.1, 0.15) is 12.3 Å². The first-order valence-corrected chi connectivity index (χ1v) is 7.44. The van der Waals surface area contributed by atoms with E-state index in [2.05, 4.69) is 34.5 Å². The molecule has 7 nitrogen and oxygen atoms in total. The van der Waals surface area contributed by atoms with Gasteiger partial charge in [-0.2, -0.15) is 0 Å². The van der Waals surface area contributed by atoms with Crippen molar-refractivity contribution in [3.63, 3.8) is 0 Å². The van der Waals surface area contributed by atoms with Crippen molar-refractivity contribution < 1.29 is 9.21 Å². The Balaban J connectivity index is 0.00000484. The molecular formula is C15H28IN5O2. The van der Waals surface area contributed by atoms with Crippen LogP contribution in [0.2, 0.25) is 0 Å². The van der Waals surface area contributed by atoms with Crippen LogP contribution in [0, 0.1) is 19.8 Å². The SMILES string of the molecule is Cc1nc(CNC(=NCC(=O)N(C)C)NCC(C)C)oc1C.I. The van der Waals surface area contributed by atoms with Crippen LogP contribution in [0.15, 0.2) is 9.41 Å². The van der Waals surface area contributed by atoms with E-state index < -0.39 is 0 Å². The quantitative estimate of drug-likeness (QED) is 0.402. The van der Waals surface area contributed by atoms with E-state index in [1.54, 1.807) is 14.1 Å². The van der Waals surface area contributed by atoms with E-state index in [1.165, 1.54) is 4.90 Å². The lowest BCUT2D eigenvalue weighted by atomic mass is 10.2. The standard InChI is InChI=1S/C15H27N5O2.HI/c1-10(2)7-16-15(18-9-14(21)20(5)6)17-8-13-19-11(3)12(4)22-13;/h10H,7-9H2,1-6H3,(H2,16,17,18);1H. The number of aryl methyl sites for hydroxylation is 2. The summed E-state index contributed by atoms with van der Waals surface area (Å²) in [5.41, 5.74) is 0.883. The smallest absolute Gasteiger partial charge is 0.243 e. The Hall–Kier alpha value is -1.32. The van der Waals surface area contributed by atoms with Crippen LogP contribution in [-0.2, 0) is 11.3 Å². The van der Waals surface area contributed by atoms with E-state index in [0.29, 0.717) is 24.3 Å². The van der Waals surface area contributed by atoms with Gasteiger partial charge in [-0.05, 0) is 19.8 Å². The third kappa shape index (κ3) is 8.19. The molecule has 1 rings (SSSR count). The lowest BCUT2D eigenvalue weighted by Crippen LogP contribution is -2.39. The summed E-state index contributed by atoms with van der Waals surface area (Å²) in [4.78, 5) is 21.8. The number of nitrogens with zero attached hydrogens (tertiary/aromatic N) is 3. The molecule has 8 heteroatoms. The van der Waals surface area contributed by atoms with Gasteiger partial charge in [-0.15, -0.1) is 24.0 Å². The van der Waals surface area contributed by atoms with Crippen LogP contribution in [0.4, 0.5) is 0 Å². The van der Waals surface area contributed by atoms with Crippen LogP contribution >= 0.6 is 24.0 Å². The van der Waals surface area contributed by atoms with E-state index >= 15 is 0 Å². The van der Waals surface area contributed by atoms with Crippen molar-refractivity contribution in [2.45, 2.75) is 34.2 Å². The normalized spacial score (nSPS) is 11.2. The molecule has 0 saturated heterocycles. The van der Waals surface area contributed by atoms with E-state index in [9.17, 15) is 4.79 Å². The minimum Gasteiger partial charge on any atom is -0.444 e. The molecule has 0 atom stereocenters. The summed E-state index contributed by atoms with van der Waals surface area (Å²) >= 11 is 0. The van der Waals surface area contributed by atoms with Crippen molar-refractivity contribution in [3.8, 4) is 0 Å². The summed E-state index contributed by atoms with van der Waals surface area (Å²) in [6, 6.07) is 0. The molecule has 1 aromatic heterocycles. The predicted octanol–water partition coefficient (Wildman–Crippen LogP) is 1.69. The number of hydrogen-bond acceptors (Lipinski definition) is 4. The lowest BCUT2D eigenvalue weighted by molar-refractivity contribution is -0.127. The Morgan fingerprint density at radius 2 is 1.96 bits per heavy atom. The number of aromatic nitrogens is 1. The molecule has 0 aliphatic carbocycles. The minimum absolute atomic E-state index is 0. The summed E-state index contributed by atoms with van der Waals surface area (Å²) in [5.74, 6) is 2.43. The molecule has 0 aliphatic rings. The van der Waals surface area contributed by atoms with Gasteiger partial charge in [0.2, 0.25) is 11.8 Å². The summed E-state index contributed by atoms with van der Waals surface area (Å²) in [6.45, 7) is 9.30. The second kappa shape index (κ2) is 10.5. The van der Waals surface area contributed by atoms with Crippen molar-refractivity contribution in [1.82, 2.24) is 20.5 Å². The highest BCUT2D eigenvalue weighted by molar-refractivity contribution is 14.0. The summed E-state index contributed by atoms with van der Waals surface area (Å²) < 4.78 is 5.52. The molecule has 0 saturated carbocycles. The van der Waals surface area contributed by atoms with Gasteiger partial charge in [0.25, 0.3) is 0 Å². The van der Waals surface area contributed by atoms with Crippen molar-refractivity contribution >= 4 is 35.8 Å². The van der Waals surface area contributed by atoms with Crippen LogP contribution < -0.4 is 10.6 Å². The van der Waals surface area contributed by atoms with E-state index in [4.69, 9.17) is 4.42 Å². The molecular weight excluding hydrogens is 409 g/mol. The van der Waals surface area contributed by atoms with Crippen molar-refractivity contribution in [1.29, 1.82) is 0 Å². The zero-order chi connectivity index (χ0) is 16.7. The van der Waals surface area contributed by atoms with Crippen molar-refractivity contribution in [2.75, 3.05) is 27.2 Å². The third-order valence-electron chi connectivity index (χ3n) is 3.03. The first-order chi connectivity index (χ1) is 10.3. The molecule has 132 valence electrons. The molecule has 0 unspecified atom stereocenters. The Morgan fingerprint density at radius 3 is 2.43 bits per heavy atom. The Labute approximate surface area is 155 Å². The zero-order valence-corrected chi connectivity index (χ0v) is 17.1. The van der Waals surface area contributed by atoms with Gasteiger partial charge in [0, 0.05) is 20.6 Å². The average Bonchev–Trinajstić information content (AvgIpc) is 2.76. The highest BCUT2D eigenvalue weighted by atomic mass is 127. The number of aliphatic imine (C=N–C) groups is 1. The van der Waals surface area contributed by atoms with E-state index in [0.717, 1.165) is 18.0 Å². The average molecular weight is 437 g/mol. The molecule has 2 N–H and O–H groups in total. The number of likely N-dealkylation sites (N-methyl/N-ethyl adjacent to an activating group) is 1. The maximum Gasteiger partial charge on any atom is 0.243 e. The van der Waals surface area contributed by atoms with Gasteiger partial charge < -0.3 is 20.0 Å². The first-order valence-electron chi connectivity index (χ1n) is 7.44. The van der Waals surface area contributed by atoms with Gasteiger partial charge in [0.05, 0.1) is 12.2 Å². The fraction of sp³-hybridized carbons (Fsp3) is 0.667. The van der Waals surface area contributed by atoms with Crippen LogP contribution in [-0.4, -0.2) is 48.9 Å². The maximum absolute atomic E-state index is 11.6. The van der Waals surface area contributed by atoms with Gasteiger partial charge in [-0.3, -0.25) is 4.79 Å². The number of nitrogens with one attached hydrogen (secondary N) is 2. The summed E-state index contributed by atoms with van der Waals surface area (Å²) in [6.07, 6.45) is 0. The topological polar surface area (TPSA) is 82.8 Å². The second-order valence-corrected chi connectivity index (χ2v) is 5.83. The van der Waals surface area contributed by atoms with Crippen LogP contribution in [0.3, 0.4) is 0 Å². The monoisotopic (exact) mass is 437 g/mol. The summed E-state index contributed by atoms with van der Waals surface area (Å²) in [5, 5.41) is 6.34. The van der Waals surface area contributed by atoms with Gasteiger partial charge in [-0.25, -0.2) is 9.98 Å². The minimum atomic E-state index is -0.0477. The van der Waals surface area contributed by atoms with E-state index in [-0.39, 0.29) is 36.4 Å². The number of oxazole rings is 1. The van der Waals surface area contributed by atoms with E-state index in [1.807, 2.05) is 13.8 Å².